The Morgan fingerprint density at radius 1 is 0.393 bits per heavy atom. The van der Waals surface area contributed by atoms with E-state index in [1.165, 1.54) is 0 Å². The summed E-state index contributed by atoms with van der Waals surface area (Å²) in [5, 5.41) is 0. The molecule has 0 heterocycles. The maximum Gasteiger partial charge on any atom is 0.00125 e. The quantitative estimate of drug-likeness (QED) is 0.408. The molecule has 0 aromatic rings. The van der Waals surface area contributed by atoms with Gasteiger partial charge in [-0.2, -0.15) is 0 Å². The van der Waals surface area contributed by atoms with Crippen LogP contribution in [0.5, 0.6) is 0 Å². The second-order valence-corrected chi connectivity index (χ2v) is 7.00. The van der Waals surface area contributed by atoms with E-state index in [2.05, 4.69) is 122 Å². The lowest BCUT2D eigenvalue weighted by Crippen LogP contribution is -2.07. The molecule has 0 fully saturated rings. The average Bonchev–Trinajstić information content (AvgIpc) is 2.71. The van der Waals surface area contributed by atoms with Gasteiger partial charge in [0.15, 0.2) is 0 Å². The summed E-state index contributed by atoms with van der Waals surface area (Å²) in [6.07, 6.45) is 50.7. The Bertz CT molecular complexity index is 698. The van der Waals surface area contributed by atoms with Crippen LogP contribution in [0.15, 0.2) is 122 Å². The van der Waals surface area contributed by atoms with Crippen molar-refractivity contribution in [1.82, 2.24) is 0 Å². The van der Waals surface area contributed by atoms with Crippen molar-refractivity contribution in [1.29, 1.82) is 0 Å². The van der Waals surface area contributed by atoms with Crippen LogP contribution in [0.4, 0.5) is 0 Å². The van der Waals surface area contributed by atoms with E-state index in [-0.39, 0.29) is 0 Å². The molecule has 0 saturated heterocycles. The van der Waals surface area contributed by atoms with E-state index in [0.717, 1.165) is 38.5 Å². The second kappa shape index (κ2) is 15.5. The molecule has 2 unspecified atom stereocenters. The minimum Gasteiger partial charge on any atom is -0.0876 e. The number of rotatable bonds is 1. The van der Waals surface area contributed by atoms with Crippen molar-refractivity contribution in [2.75, 3.05) is 0 Å². The van der Waals surface area contributed by atoms with E-state index < -0.39 is 0 Å². The van der Waals surface area contributed by atoms with Crippen molar-refractivity contribution in [3.05, 3.63) is 122 Å². The van der Waals surface area contributed by atoms with E-state index in [0.29, 0.717) is 11.8 Å². The summed E-state index contributed by atoms with van der Waals surface area (Å²) in [5.74, 6) is 0.927. The molecule has 0 radical (unpaired) electrons. The van der Waals surface area contributed by atoms with E-state index in [1.807, 2.05) is 0 Å². The van der Waals surface area contributed by atoms with Gasteiger partial charge < -0.3 is 0 Å². The van der Waals surface area contributed by atoms with Crippen molar-refractivity contribution in [3.8, 4) is 0 Å². The van der Waals surface area contributed by atoms with Gasteiger partial charge in [0.2, 0.25) is 0 Å². The SMILES string of the molecule is C1=CC=CCC=CC(C2C=CCC=CC=CC=CCCC=C2)CC=CCC=C1. The summed E-state index contributed by atoms with van der Waals surface area (Å²) in [4.78, 5) is 0. The monoisotopic (exact) mass is 370 g/mol. The number of allylic oxidation sites excluding steroid dienone is 20. The van der Waals surface area contributed by atoms with Crippen LogP contribution in [0.25, 0.3) is 0 Å². The highest BCUT2D eigenvalue weighted by Crippen LogP contribution is 2.23. The maximum absolute atomic E-state index is 2.40. The first-order valence-electron chi connectivity index (χ1n) is 10.6. The number of hydrogen-bond donors (Lipinski definition) is 0. The van der Waals surface area contributed by atoms with Crippen LogP contribution < -0.4 is 0 Å². The highest BCUT2D eigenvalue weighted by molar-refractivity contribution is 5.16. The van der Waals surface area contributed by atoms with E-state index in [4.69, 9.17) is 0 Å². The Kier molecular flexibility index (Phi) is 12.0. The van der Waals surface area contributed by atoms with Gasteiger partial charge in [0.25, 0.3) is 0 Å². The predicted molar refractivity (Wildman–Crippen MR) is 126 cm³/mol. The summed E-state index contributed by atoms with van der Waals surface area (Å²) in [5.41, 5.74) is 0. The molecule has 0 bridgehead atoms. The van der Waals surface area contributed by atoms with E-state index in [9.17, 15) is 0 Å². The van der Waals surface area contributed by atoms with Crippen LogP contribution in [0.3, 0.4) is 0 Å². The third kappa shape index (κ3) is 10.5. The summed E-state index contributed by atoms with van der Waals surface area (Å²) >= 11 is 0. The normalized spacial score (nSPS) is 24.3. The molecule has 0 spiro atoms. The first-order valence-corrected chi connectivity index (χ1v) is 10.6. The summed E-state index contributed by atoms with van der Waals surface area (Å²) in [6.45, 7) is 0. The van der Waals surface area contributed by atoms with Gasteiger partial charge in [-0.3, -0.25) is 0 Å². The Morgan fingerprint density at radius 2 is 0.929 bits per heavy atom. The van der Waals surface area contributed by atoms with Gasteiger partial charge in [-0.1, -0.05) is 122 Å². The fourth-order valence-electron chi connectivity index (χ4n) is 3.14. The van der Waals surface area contributed by atoms with Gasteiger partial charge in [0.05, 0.1) is 0 Å². The zero-order chi connectivity index (χ0) is 19.5. The molecule has 0 heteroatoms. The van der Waals surface area contributed by atoms with Gasteiger partial charge in [0.1, 0.15) is 0 Å². The standard InChI is InChI=1S/C28H34/c1-3-7-11-15-19-23-27(24-20-16-12-8-4-1)28-25-21-17-13-9-5-2-6-10-14-18-22-26-28/h1-11,13,16,19-23,25-28H,12,14-15,17-18,24H2. The molecule has 2 aliphatic carbocycles. The molecule has 0 nitrogen and oxygen atoms in total. The van der Waals surface area contributed by atoms with E-state index >= 15 is 0 Å². The molecule has 0 aromatic carbocycles. The summed E-state index contributed by atoms with van der Waals surface area (Å²) < 4.78 is 0. The predicted octanol–water partition coefficient (Wildman–Crippen LogP) is 8.15. The van der Waals surface area contributed by atoms with Crippen molar-refractivity contribution >= 4 is 0 Å². The Morgan fingerprint density at radius 3 is 1.64 bits per heavy atom. The van der Waals surface area contributed by atoms with Crippen molar-refractivity contribution in [3.63, 3.8) is 0 Å². The Hall–Kier alpha value is -2.60. The molecular weight excluding hydrogens is 336 g/mol. The maximum atomic E-state index is 2.40. The lowest BCUT2D eigenvalue weighted by Gasteiger charge is -2.18. The molecule has 146 valence electrons. The first-order chi connectivity index (χ1) is 14.0. The average molecular weight is 371 g/mol. The third-order valence-corrected chi connectivity index (χ3v) is 4.70. The zero-order valence-electron chi connectivity index (χ0n) is 16.9. The van der Waals surface area contributed by atoms with Gasteiger partial charge in [0, 0.05) is 5.92 Å². The molecule has 0 saturated carbocycles. The van der Waals surface area contributed by atoms with Crippen molar-refractivity contribution in [2.45, 2.75) is 38.5 Å². The fraction of sp³-hybridized carbons (Fsp3) is 0.286. The van der Waals surface area contributed by atoms with Crippen LogP contribution in [0, 0.1) is 11.8 Å². The molecule has 2 aliphatic rings. The minimum absolute atomic E-state index is 0.434. The topological polar surface area (TPSA) is 0 Å². The first kappa shape index (κ1) is 21.7. The van der Waals surface area contributed by atoms with Crippen molar-refractivity contribution < 1.29 is 0 Å². The van der Waals surface area contributed by atoms with Crippen LogP contribution >= 0.6 is 0 Å². The number of hydrogen-bond acceptors (Lipinski definition) is 0. The highest BCUT2D eigenvalue weighted by atomic mass is 14.2. The van der Waals surface area contributed by atoms with Gasteiger partial charge in [-0.05, 0) is 44.4 Å². The van der Waals surface area contributed by atoms with Crippen LogP contribution in [-0.2, 0) is 0 Å². The van der Waals surface area contributed by atoms with Crippen LogP contribution in [0.1, 0.15) is 38.5 Å². The lowest BCUT2D eigenvalue weighted by molar-refractivity contribution is 0.560. The molecule has 2 rings (SSSR count). The molecule has 0 aliphatic heterocycles. The zero-order valence-corrected chi connectivity index (χ0v) is 16.9. The lowest BCUT2D eigenvalue weighted by atomic mass is 9.87. The third-order valence-electron chi connectivity index (χ3n) is 4.70. The summed E-state index contributed by atoms with van der Waals surface area (Å²) in [7, 11) is 0. The van der Waals surface area contributed by atoms with Gasteiger partial charge in [-0.15, -0.1) is 0 Å². The van der Waals surface area contributed by atoms with E-state index in [1.54, 1.807) is 0 Å². The second-order valence-electron chi connectivity index (χ2n) is 7.00. The minimum atomic E-state index is 0.434. The smallest absolute Gasteiger partial charge is 0.00125 e. The Balaban J connectivity index is 2.14. The van der Waals surface area contributed by atoms with Gasteiger partial charge in [-0.25, -0.2) is 0 Å². The Labute approximate surface area is 172 Å². The van der Waals surface area contributed by atoms with Crippen LogP contribution in [-0.4, -0.2) is 0 Å². The largest absolute Gasteiger partial charge is 0.0876 e. The van der Waals surface area contributed by atoms with Crippen LogP contribution in [0.2, 0.25) is 0 Å². The van der Waals surface area contributed by atoms with Crippen molar-refractivity contribution in [2.24, 2.45) is 11.8 Å². The molecule has 2 atom stereocenters. The molecular formula is C28H34. The molecule has 0 aromatic heterocycles. The fourth-order valence-corrected chi connectivity index (χ4v) is 3.14. The summed E-state index contributed by atoms with van der Waals surface area (Å²) in [6, 6.07) is 0. The highest BCUT2D eigenvalue weighted by Gasteiger charge is 2.12. The molecule has 28 heavy (non-hydrogen) atoms. The molecule has 0 N–H and O–H groups in total. The van der Waals surface area contributed by atoms with Gasteiger partial charge >= 0.3 is 0 Å². The molecule has 0 amide bonds.